The summed E-state index contributed by atoms with van der Waals surface area (Å²) in [6.07, 6.45) is -2.33. The van der Waals surface area contributed by atoms with Gasteiger partial charge in [-0.1, -0.05) is 0 Å². The van der Waals surface area contributed by atoms with Crippen LogP contribution in [0.5, 0.6) is 0 Å². The van der Waals surface area contributed by atoms with Crippen LogP contribution in [0.25, 0.3) is 0 Å². The van der Waals surface area contributed by atoms with Crippen LogP contribution in [0, 0.1) is 0 Å². The first-order valence-corrected chi connectivity index (χ1v) is 0.612. The normalized spacial score (nSPS) is 4.80. The summed E-state index contributed by atoms with van der Waals surface area (Å²) >= 11 is 0. The largest absolute Gasteiger partial charge is 3.00 e. The molecule has 0 aliphatic carbocycles. The van der Waals surface area contributed by atoms with Gasteiger partial charge in [-0.05, 0) is 6.16 Å². The van der Waals surface area contributed by atoms with Crippen molar-refractivity contribution >= 4 is 6.16 Å². The van der Waals surface area contributed by atoms with Gasteiger partial charge in [-0.15, -0.1) is 0 Å². The molecule has 0 saturated carbocycles. The topological polar surface area (TPSA) is 63.2 Å². The number of carboxylic acid groups (broad SMARTS) is 2. The summed E-state index contributed by atoms with van der Waals surface area (Å²) in [7, 11) is 0. The molecule has 0 aromatic heterocycles. The molecule has 0 saturated heterocycles. The molecule has 0 N–H and O–H groups in total. The molecule has 0 aliphatic rings. The minimum absolute atomic E-state index is 0. The Morgan fingerprint density at radius 1 is 1.60 bits per heavy atom. The minimum atomic E-state index is -2.33. The van der Waals surface area contributed by atoms with E-state index >= 15 is 0 Å². The quantitative estimate of drug-likeness (QED) is 0.457. The smallest absolute Gasteiger partial charge is 0.652 e. The molecule has 0 rings (SSSR count). The fourth-order valence-corrected chi connectivity index (χ4v) is 0. The summed E-state index contributed by atoms with van der Waals surface area (Å²) in [5.41, 5.74) is 0. The van der Waals surface area contributed by atoms with Crippen LogP contribution >= 0.6 is 0 Å². The molecule has 5 heavy (non-hydrogen) atoms. The van der Waals surface area contributed by atoms with Crippen molar-refractivity contribution in [2.75, 3.05) is 0 Å². The summed E-state index contributed by atoms with van der Waals surface area (Å²) in [5.74, 6) is 0. The van der Waals surface area contributed by atoms with Crippen LogP contribution in [0.4, 0.5) is 4.79 Å². The van der Waals surface area contributed by atoms with Crippen molar-refractivity contribution < 1.29 is 38.8 Å². The first-order valence-electron chi connectivity index (χ1n) is 0.612. The van der Waals surface area contributed by atoms with Crippen molar-refractivity contribution in [2.45, 2.75) is 0 Å². The van der Waals surface area contributed by atoms with Crippen LogP contribution in [0.3, 0.4) is 0 Å². The second-order valence-electron chi connectivity index (χ2n) is 0.250. The van der Waals surface area contributed by atoms with Crippen LogP contribution in [0.1, 0.15) is 1.43 Å². The average molecular weight is 258 g/mol. The minimum Gasteiger partial charge on any atom is -0.652 e. The van der Waals surface area contributed by atoms with Crippen molar-refractivity contribution in [3.63, 3.8) is 0 Å². The molecule has 0 fully saturated rings. The second-order valence-corrected chi connectivity index (χ2v) is 0.250. The van der Waals surface area contributed by atoms with Gasteiger partial charge in [0.15, 0.2) is 0 Å². The Balaban J connectivity index is -0.0000000450. The predicted molar refractivity (Wildman–Crippen MR) is 6.51 cm³/mol. The summed E-state index contributed by atoms with van der Waals surface area (Å²) in [5, 5.41) is 16.7. The molecule has 3 nitrogen and oxygen atoms in total. The SMILES string of the molecule is O=C([O-])[O-].[Au+3].[H+]. The number of carbonyl (C=O) groups excluding carboxylic acids is 1. The van der Waals surface area contributed by atoms with E-state index in [4.69, 9.17) is 15.0 Å². The summed E-state index contributed by atoms with van der Waals surface area (Å²) < 4.78 is 0. The molecule has 0 aromatic carbocycles. The third-order valence-corrected chi connectivity index (χ3v) is 0. The van der Waals surface area contributed by atoms with E-state index in [0.717, 1.165) is 0 Å². The molecule has 0 radical (unpaired) electrons. The van der Waals surface area contributed by atoms with Crippen LogP contribution in [0.15, 0.2) is 0 Å². The van der Waals surface area contributed by atoms with Gasteiger partial charge in [0, 0.05) is 0 Å². The standard InChI is InChI=1S/CH2O3.Au/c2-1(3)4;/h(H2,2,3,4);/q;+3/p-1. The molecule has 0 aromatic rings. The predicted octanol–water partition coefficient (Wildman–Crippen LogP) is -2.34. The molecule has 32 valence electrons. The summed E-state index contributed by atoms with van der Waals surface area (Å²) in [6.45, 7) is 0. The van der Waals surface area contributed by atoms with E-state index in [1.165, 1.54) is 0 Å². The Labute approximate surface area is 45.6 Å². The summed E-state index contributed by atoms with van der Waals surface area (Å²) in [4.78, 5) is 8.33. The molecule has 0 heterocycles. The first-order chi connectivity index (χ1) is 1.73. The Morgan fingerprint density at radius 3 is 1.60 bits per heavy atom. The molecule has 0 amide bonds. The van der Waals surface area contributed by atoms with Gasteiger partial charge in [-0.2, -0.15) is 0 Å². The van der Waals surface area contributed by atoms with E-state index < -0.39 is 6.16 Å². The van der Waals surface area contributed by atoms with Crippen LogP contribution in [-0.4, -0.2) is 6.16 Å². The van der Waals surface area contributed by atoms with E-state index in [1.807, 2.05) is 0 Å². The Bertz CT molecular complexity index is 33.8. The van der Waals surface area contributed by atoms with Gasteiger partial charge in [0.25, 0.3) is 0 Å². The van der Waals surface area contributed by atoms with Gasteiger partial charge in [0.1, 0.15) is 0 Å². The first kappa shape index (κ1) is 8.89. The number of carbonyl (C=O) groups is 1. The fourth-order valence-electron chi connectivity index (χ4n) is 0. The number of hydrogen-bond acceptors (Lipinski definition) is 3. The van der Waals surface area contributed by atoms with E-state index in [-0.39, 0.29) is 23.8 Å². The second kappa shape index (κ2) is 4.01. The Kier molecular flexibility index (Phi) is 7.13. The van der Waals surface area contributed by atoms with Gasteiger partial charge in [0.05, 0.1) is 0 Å². The maximum Gasteiger partial charge on any atom is 3.00 e. The number of hydrogen-bond donors (Lipinski definition) is 0. The molecular formula is CHAuO3+2. The van der Waals surface area contributed by atoms with E-state index in [2.05, 4.69) is 0 Å². The van der Waals surface area contributed by atoms with Gasteiger partial charge in [-0.3, -0.25) is 0 Å². The molecular weight excluding hydrogens is 257 g/mol. The third kappa shape index (κ3) is 154000. The zero-order valence-electron chi connectivity index (χ0n) is 3.03. The molecule has 4 heteroatoms. The maximum atomic E-state index is 8.33. The molecule has 0 aliphatic heterocycles. The van der Waals surface area contributed by atoms with Crippen molar-refractivity contribution in [1.29, 1.82) is 0 Å². The fraction of sp³-hybridized carbons (Fsp3) is 0. The van der Waals surface area contributed by atoms with Crippen LogP contribution < -0.4 is 10.2 Å². The molecule has 0 spiro atoms. The van der Waals surface area contributed by atoms with Crippen molar-refractivity contribution in [3.05, 3.63) is 0 Å². The zero-order valence-corrected chi connectivity index (χ0v) is 4.19. The van der Waals surface area contributed by atoms with Crippen molar-refractivity contribution in [3.8, 4) is 0 Å². The van der Waals surface area contributed by atoms with Crippen LogP contribution in [-0.2, 0) is 22.4 Å². The van der Waals surface area contributed by atoms with Gasteiger partial charge in [-0.25, -0.2) is 0 Å². The van der Waals surface area contributed by atoms with Crippen molar-refractivity contribution in [1.82, 2.24) is 0 Å². The molecule has 0 unspecified atom stereocenters. The molecule has 0 atom stereocenters. The maximum absolute atomic E-state index is 8.33. The Morgan fingerprint density at radius 2 is 1.60 bits per heavy atom. The van der Waals surface area contributed by atoms with Gasteiger partial charge in [0.2, 0.25) is 0 Å². The number of rotatable bonds is 0. The molecule has 0 bridgehead atoms. The van der Waals surface area contributed by atoms with E-state index in [1.54, 1.807) is 0 Å². The zero-order chi connectivity index (χ0) is 3.58. The van der Waals surface area contributed by atoms with E-state index in [0.29, 0.717) is 0 Å². The van der Waals surface area contributed by atoms with Gasteiger partial charge < -0.3 is 15.0 Å². The Hall–Kier alpha value is 0.0103. The van der Waals surface area contributed by atoms with Crippen molar-refractivity contribution in [2.24, 2.45) is 0 Å². The third-order valence-electron chi connectivity index (χ3n) is 0. The van der Waals surface area contributed by atoms with Crippen LogP contribution in [0.2, 0.25) is 0 Å². The van der Waals surface area contributed by atoms with E-state index in [9.17, 15) is 0 Å². The monoisotopic (exact) mass is 258 g/mol. The van der Waals surface area contributed by atoms with Gasteiger partial charge >= 0.3 is 23.8 Å². The summed E-state index contributed by atoms with van der Waals surface area (Å²) in [6, 6.07) is 0. The average Bonchev–Trinajstić information content (AvgIpc) is 0.811.